The van der Waals surface area contributed by atoms with E-state index in [1.54, 1.807) is 30.1 Å². The fourth-order valence-electron chi connectivity index (χ4n) is 2.78. The quantitative estimate of drug-likeness (QED) is 0.918. The number of rotatable bonds is 4. The van der Waals surface area contributed by atoms with Gasteiger partial charge in [-0.15, -0.1) is 0 Å². The molecular weight excluding hydrogens is 255 g/mol. The van der Waals surface area contributed by atoms with Crippen molar-refractivity contribution < 1.29 is 9.18 Å². The molecule has 2 unspecified atom stereocenters. The zero-order valence-corrected chi connectivity index (χ0v) is 12.2. The molecule has 1 aromatic carbocycles. The molecule has 0 aromatic heterocycles. The van der Waals surface area contributed by atoms with Crippen LogP contribution < -0.4 is 5.32 Å². The average molecular weight is 278 g/mol. The number of piperidine rings is 1. The van der Waals surface area contributed by atoms with Gasteiger partial charge in [-0.1, -0.05) is 31.5 Å². The summed E-state index contributed by atoms with van der Waals surface area (Å²) in [7, 11) is 1.74. The van der Waals surface area contributed by atoms with Crippen LogP contribution in [0.25, 0.3) is 0 Å². The smallest absolute Gasteiger partial charge is 0.239 e. The maximum atomic E-state index is 13.6. The third-order valence-electron chi connectivity index (χ3n) is 4.13. The van der Waals surface area contributed by atoms with Crippen molar-refractivity contribution in [3.63, 3.8) is 0 Å². The normalized spacial score (nSPS) is 22.6. The molecule has 1 aliphatic heterocycles. The number of carbonyl (C=O) groups is 1. The van der Waals surface area contributed by atoms with E-state index in [1.807, 2.05) is 0 Å². The molecule has 3 nitrogen and oxygen atoms in total. The fourth-order valence-corrected chi connectivity index (χ4v) is 2.78. The van der Waals surface area contributed by atoms with E-state index in [-0.39, 0.29) is 17.8 Å². The van der Waals surface area contributed by atoms with Crippen LogP contribution in [-0.4, -0.2) is 30.4 Å². The molecule has 110 valence electrons. The molecule has 1 amide bonds. The highest BCUT2D eigenvalue weighted by atomic mass is 19.1. The maximum Gasteiger partial charge on any atom is 0.239 e. The van der Waals surface area contributed by atoms with E-state index >= 15 is 0 Å². The van der Waals surface area contributed by atoms with Gasteiger partial charge in [-0.2, -0.15) is 0 Å². The minimum absolute atomic E-state index is 0.0615. The monoisotopic (exact) mass is 278 g/mol. The summed E-state index contributed by atoms with van der Waals surface area (Å²) in [5, 5.41) is 3.28. The van der Waals surface area contributed by atoms with E-state index in [0.29, 0.717) is 18.0 Å². The Morgan fingerprint density at radius 1 is 1.45 bits per heavy atom. The van der Waals surface area contributed by atoms with Crippen molar-refractivity contribution in [1.82, 2.24) is 10.2 Å². The van der Waals surface area contributed by atoms with Gasteiger partial charge < -0.3 is 10.2 Å². The van der Waals surface area contributed by atoms with Crippen molar-refractivity contribution in [3.8, 4) is 0 Å². The molecule has 20 heavy (non-hydrogen) atoms. The van der Waals surface area contributed by atoms with Crippen LogP contribution in [0.4, 0.5) is 4.39 Å². The topological polar surface area (TPSA) is 32.3 Å². The highest BCUT2D eigenvalue weighted by Gasteiger charge is 2.28. The Morgan fingerprint density at radius 2 is 2.20 bits per heavy atom. The predicted molar refractivity (Wildman–Crippen MR) is 77.7 cm³/mol. The highest BCUT2D eigenvalue weighted by molar-refractivity contribution is 5.81. The zero-order valence-electron chi connectivity index (χ0n) is 12.2. The molecule has 0 radical (unpaired) electrons. The van der Waals surface area contributed by atoms with Crippen molar-refractivity contribution >= 4 is 5.91 Å². The van der Waals surface area contributed by atoms with Gasteiger partial charge in [0.25, 0.3) is 0 Å². The van der Waals surface area contributed by atoms with Crippen LogP contribution in [0.15, 0.2) is 24.3 Å². The minimum atomic E-state index is -0.254. The van der Waals surface area contributed by atoms with Gasteiger partial charge in [0, 0.05) is 19.2 Å². The van der Waals surface area contributed by atoms with Crippen LogP contribution >= 0.6 is 0 Å². The summed E-state index contributed by atoms with van der Waals surface area (Å²) < 4.78 is 13.6. The first-order chi connectivity index (χ1) is 9.61. The minimum Gasteiger partial charge on any atom is -0.340 e. The van der Waals surface area contributed by atoms with E-state index in [2.05, 4.69) is 12.2 Å². The van der Waals surface area contributed by atoms with Crippen LogP contribution in [0.3, 0.4) is 0 Å². The second-order valence-corrected chi connectivity index (χ2v) is 5.59. The van der Waals surface area contributed by atoms with Crippen LogP contribution in [0.5, 0.6) is 0 Å². The number of hydrogen-bond donors (Lipinski definition) is 1. The predicted octanol–water partition coefficient (Wildman–Crippen LogP) is 2.56. The standard InChI is InChI=1S/C16H23FN2O/c1-3-12-8-9-18-15(10-12)16(20)19(2)11-13-6-4-5-7-14(13)17/h4-7,12,15,18H,3,8-11H2,1-2H3. The molecule has 1 N–H and O–H groups in total. The van der Waals surface area contributed by atoms with E-state index in [4.69, 9.17) is 0 Å². The van der Waals surface area contributed by atoms with E-state index < -0.39 is 0 Å². The van der Waals surface area contributed by atoms with Crippen LogP contribution in [0.2, 0.25) is 0 Å². The van der Waals surface area contributed by atoms with Crippen LogP contribution in [0.1, 0.15) is 31.7 Å². The first-order valence-corrected chi connectivity index (χ1v) is 7.33. The second-order valence-electron chi connectivity index (χ2n) is 5.59. The number of nitrogens with one attached hydrogen (secondary N) is 1. The summed E-state index contributed by atoms with van der Waals surface area (Å²) in [6.07, 6.45) is 3.14. The first-order valence-electron chi connectivity index (χ1n) is 7.33. The number of halogens is 1. The Kier molecular flexibility index (Phi) is 5.12. The Labute approximate surface area is 120 Å². The molecule has 1 aromatic rings. The number of benzene rings is 1. The Hall–Kier alpha value is -1.42. The third-order valence-corrected chi connectivity index (χ3v) is 4.13. The lowest BCUT2D eigenvalue weighted by atomic mass is 9.90. The van der Waals surface area contributed by atoms with Crippen LogP contribution in [0, 0.1) is 11.7 Å². The van der Waals surface area contributed by atoms with Crippen molar-refractivity contribution in [1.29, 1.82) is 0 Å². The molecule has 1 fully saturated rings. The Balaban J connectivity index is 1.96. The lowest BCUT2D eigenvalue weighted by molar-refractivity contribution is -0.133. The van der Waals surface area contributed by atoms with Gasteiger partial charge in [0.1, 0.15) is 5.82 Å². The molecule has 4 heteroatoms. The van der Waals surface area contributed by atoms with Gasteiger partial charge in [0.2, 0.25) is 5.91 Å². The van der Waals surface area contributed by atoms with Gasteiger partial charge in [-0.25, -0.2) is 4.39 Å². The highest BCUT2D eigenvalue weighted by Crippen LogP contribution is 2.20. The molecule has 0 saturated carbocycles. The third kappa shape index (κ3) is 3.57. The largest absolute Gasteiger partial charge is 0.340 e. The van der Waals surface area contributed by atoms with Gasteiger partial charge >= 0.3 is 0 Å². The maximum absolute atomic E-state index is 13.6. The SMILES string of the molecule is CCC1CCNC(C(=O)N(C)Cc2ccccc2F)C1. The van der Waals surface area contributed by atoms with Gasteiger partial charge in [-0.05, 0) is 31.4 Å². The lowest BCUT2D eigenvalue weighted by Crippen LogP contribution is -2.49. The van der Waals surface area contributed by atoms with Gasteiger partial charge in [0.15, 0.2) is 0 Å². The molecule has 2 rings (SSSR count). The summed E-state index contributed by atoms with van der Waals surface area (Å²) in [5.41, 5.74) is 0.561. The van der Waals surface area contributed by atoms with Crippen molar-refractivity contribution in [2.24, 2.45) is 5.92 Å². The molecule has 1 aliphatic rings. The number of carbonyl (C=O) groups excluding carboxylic acids is 1. The molecule has 0 spiro atoms. The van der Waals surface area contributed by atoms with E-state index in [0.717, 1.165) is 25.8 Å². The molecule has 1 heterocycles. The molecule has 2 atom stereocenters. The first kappa shape index (κ1) is 15.0. The number of hydrogen-bond acceptors (Lipinski definition) is 2. The number of nitrogens with zero attached hydrogens (tertiary/aromatic N) is 1. The van der Waals surface area contributed by atoms with E-state index in [9.17, 15) is 9.18 Å². The average Bonchev–Trinajstić information content (AvgIpc) is 2.48. The van der Waals surface area contributed by atoms with E-state index in [1.165, 1.54) is 6.07 Å². The summed E-state index contributed by atoms with van der Waals surface area (Å²) >= 11 is 0. The summed E-state index contributed by atoms with van der Waals surface area (Å²) in [6.45, 7) is 3.38. The van der Waals surface area contributed by atoms with Crippen LogP contribution in [-0.2, 0) is 11.3 Å². The van der Waals surface area contributed by atoms with Gasteiger partial charge in [0.05, 0.1) is 6.04 Å². The molecular formula is C16H23FN2O. The number of amides is 1. The van der Waals surface area contributed by atoms with Gasteiger partial charge in [-0.3, -0.25) is 4.79 Å². The Bertz CT molecular complexity index is 464. The second kappa shape index (κ2) is 6.84. The number of likely N-dealkylation sites (N-methyl/N-ethyl adjacent to an activating group) is 1. The van der Waals surface area contributed by atoms with Crippen molar-refractivity contribution in [2.45, 2.75) is 38.8 Å². The summed E-state index contributed by atoms with van der Waals surface area (Å²) in [5.74, 6) is 0.425. The summed E-state index contributed by atoms with van der Waals surface area (Å²) in [4.78, 5) is 14.0. The molecule has 0 bridgehead atoms. The molecule has 0 aliphatic carbocycles. The van der Waals surface area contributed by atoms with Crippen molar-refractivity contribution in [3.05, 3.63) is 35.6 Å². The van der Waals surface area contributed by atoms with Crippen molar-refractivity contribution in [2.75, 3.05) is 13.6 Å². The zero-order chi connectivity index (χ0) is 14.5. The molecule has 1 saturated heterocycles. The lowest BCUT2D eigenvalue weighted by Gasteiger charge is -2.31. The fraction of sp³-hybridized carbons (Fsp3) is 0.562. The Morgan fingerprint density at radius 3 is 2.90 bits per heavy atom. The summed E-state index contributed by atoms with van der Waals surface area (Å²) in [6, 6.07) is 6.49.